The van der Waals surface area contributed by atoms with Crippen LogP contribution < -0.4 is 5.32 Å². The Hall–Kier alpha value is -1.16. The summed E-state index contributed by atoms with van der Waals surface area (Å²) in [6.45, 7) is 5.06. The maximum absolute atomic E-state index is 5.53. The van der Waals surface area contributed by atoms with Crippen LogP contribution in [0.15, 0.2) is 18.6 Å². The van der Waals surface area contributed by atoms with E-state index in [4.69, 9.17) is 4.74 Å². The molecule has 2 atom stereocenters. The SMILES string of the molecule is CC1OCCC1(C)Nc1ccncn1. The van der Waals surface area contributed by atoms with Crippen LogP contribution in [0.4, 0.5) is 5.82 Å². The van der Waals surface area contributed by atoms with Crippen molar-refractivity contribution < 1.29 is 4.74 Å². The number of ether oxygens (including phenoxy) is 1. The molecule has 0 saturated carbocycles. The highest BCUT2D eigenvalue weighted by Crippen LogP contribution is 2.28. The summed E-state index contributed by atoms with van der Waals surface area (Å²) in [7, 11) is 0. The van der Waals surface area contributed by atoms with E-state index in [-0.39, 0.29) is 11.6 Å². The van der Waals surface area contributed by atoms with Gasteiger partial charge in [-0.15, -0.1) is 0 Å². The number of rotatable bonds is 2. The smallest absolute Gasteiger partial charge is 0.129 e. The van der Waals surface area contributed by atoms with Gasteiger partial charge in [-0.2, -0.15) is 0 Å². The molecule has 2 heterocycles. The fraction of sp³-hybridized carbons (Fsp3) is 0.600. The number of aromatic nitrogens is 2. The second kappa shape index (κ2) is 3.53. The minimum Gasteiger partial charge on any atom is -0.376 e. The lowest BCUT2D eigenvalue weighted by molar-refractivity contribution is 0.105. The van der Waals surface area contributed by atoms with Gasteiger partial charge in [-0.25, -0.2) is 9.97 Å². The van der Waals surface area contributed by atoms with Gasteiger partial charge in [-0.1, -0.05) is 0 Å². The Morgan fingerprint density at radius 1 is 1.64 bits per heavy atom. The average Bonchev–Trinajstić information content (AvgIpc) is 2.48. The van der Waals surface area contributed by atoms with E-state index in [1.54, 1.807) is 12.5 Å². The molecular formula is C10H15N3O. The quantitative estimate of drug-likeness (QED) is 0.772. The summed E-state index contributed by atoms with van der Waals surface area (Å²) >= 11 is 0. The van der Waals surface area contributed by atoms with Crippen molar-refractivity contribution in [3.8, 4) is 0 Å². The highest BCUT2D eigenvalue weighted by Gasteiger charge is 2.37. The number of anilines is 1. The lowest BCUT2D eigenvalue weighted by Gasteiger charge is -2.29. The largest absolute Gasteiger partial charge is 0.376 e. The molecule has 1 aliphatic rings. The van der Waals surface area contributed by atoms with Gasteiger partial charge < -0.3 is 10.1 Å². The van der Waals surface area contributed by atoms with Crippen LogP contribution in [0.2, 0.25) is 0 Å². The van der Waals surface area contributed by atoms with Crippen LogP contribution in [-0.2, 0) is 4.74 Å². The molecule has 1 aromatic rings. The second-order valence-corrected chi connectivity index (χ2v) is 3.90. The molecule has 1 fully saturated rings. The lowest BCUT2D eigenvalue weighted by Crippen LogP contribution is -2.41. The van der Waals surface area contributed by atoms with E-state index < -0.39 is 0 Å². The molecule has 0 amide bonds. The highest BCUT2D eigenvalue weighted by atomic mass is 16.5. The third-order valence-electron chi connectivity index (χ3n) is 2.88. The molecule has 1 N–H and O–H groups in total. The molecule has 2 rings (SSSR count). The highest BCUT2D eigenvalue weighted by molar-refractivity contribution is 5.36. The molecule has 76 valence electrons. The first kappa shape index (κ1) is 9.40. The Bertz CT molecular complexity index is 303. The van der Waals surface area contributed by atoms with Gasteiger partial charge in [0.25, 0.3) is 0 Å². The second-order valence-electron chi connectivity index (χ2n) is 3.90. The van der Waals surface area contributed by atoms with Gasteiger partial charge in [0.1, 0.15) is 12.1 Å². The third kappa shape index (κ3) is 1.70. The van der Waals surface area contributed by atoms with Crippen LogP contribution in [0.25, 0.3) is 0 Å². The molecule has 0 radical (unpaired) electrons. The summed E-state index contributed by atoms with van der Waals surface area (Å²) in [6, 6.07) is 1.87. The van der Waals surface area contributed by atoms with Crippen molar-refractivity contribution in [3.05, 3.63) is 18.6 Å². The minimum absolute atomic E-state index is 0.00560. The van der Waals surface area contributed by atoms with Crippen LogP contribution >= 0.6 is 0 Å². The standard InChI is InChI=1S/C10H15N3O/c1-8-10(2,4-6-14-8)13-9-3-5-11-7-12-9/h3,5,7-8H,4,6H2,1-2H3,(H,11,12,13). The first-order valence-electron chi connectivity index (χ1n) is 4.86. The Balaban J connectivity index is 2.10. The molecule has 0 spiro atoms. The van der Waals surface area contributed by atoms with E-state index in [0.717, 1.165) is 18.8 Å². The molecule has 0 aromatic carbocycles. The summed E-state index contributed by atoms with van der Waals surface area (Å²) in [4.78, 5) is 8.02. The van der Waals surface area contributed by atoms with Gasteiger partial charge in [0.15, 0.2) is 0 Å². The molecule has 4 nitrogen and oxygen atoms in total. The molecule has 1 aliphatic heterocycles. The molecule has 0 aliphatic carbocycles. The van der Waals surface area contributed by atoms with Crippen molar-refractivity contribution in [2.24, 2.45) is 0 Å². The molecule has 14 heavy (non-hydrogen) atoms. The summed E-state index contributed by atoms with van der Waals surface area (Å²) < 4.78 is 5.53. The van der Waals surface area contributed by atoms with Crippen LogP contribution in [0.5, 0.6) is 0 Å². The topological polar surface area (TPSA) is 47.0 Å². The minimum atomic E-state index is -0.00560. The summed E-state index contributed by atoms with van der Waals surface area (Å²) in [5.74, 6) is 0.861. The zero-order valence-corrected chi connectivity index (χ0v) is 8.53. The maximum atomic E-state index is 5.53. The van der Waals surface area contributed by atoms with E-state index in [0.29, 0.717) is 0 Å². The number of hydrogen-bond acceptors (Lipinski definition) is 4. The lowest BCUT2D eigenvalue weighted by atomic mass is 9.95. The average molecular weight is 193 g/mol. The fourth-order valence-electron chi connectivity index (χ4n) is 1.66. The summed E-state index contributed by atoms with van der Waals surface area (Å²) in [5, 5.41) is 3.39. The Kier molecular flexibility index (Phi) is 2.37. The van der Waals surface area contributed by atoms with Gasteiger partial charge in [0.05, 0.1) is 11.6 Å². The molecule has 4 heteroatoms. The number of hydrogen-bond donors (Lipinski definition) is 1. The van der Waals surface area contributed by atoms with E-state index >= 15 is 0 Å². The Labute approximate surface area is 83.7 Å². The van der Waals surface area contributed by atoms with E-state index in [2.05, 4.69) is 29.1 Å². The molecule has 2 unspecified atom stereocenters. The molecule has 1 aromatic heterocycles. The van der Waals surface area contributed by atoms with Gasteiger partial charge in [0.2, 0.25) is 0 Å². The van der Waals surface area contributed by atoms with Gasteiger partial charge >= 0.3 is 0 Å². The van der Waals surface area contributed by atoms with Crippen molar-refractivity contribution in [3.63, 3.8) is 0 Å². The molecule has 1 saturated heterocycles. The fourth-order valence-corrected chi connectivity index (χ4v) is 1.66. The Morgan fingerprint density at radius 2 is 2.50 bits per heavy atom. The van der Waals surface area contributed by atoms with Gasteiger partial charge in [0, 0.05) is 12.8 Å². The summed E-state index contributed by atoms with van der Waals surface area (Å²) in [6.07, 6.45) is 4.52. The van der Waals surface area contributed by atoms with Gasteiger partial charge in [-0.05, 0) is 26.3 Å². The monoisotopic (exact) mass is 193 g/mol. The van der Waals surface area contributed by atoms with E-state index in [1.807, 2.05) is 6.07 Å². The summed E-state index contributed by atoms with van der Waals surface area (Å²) in [5.41, 5.74) is -0.00560. The van der Waals surface area contributed by atoms with Crippen LogP contribution in [0.3, 0.4) is 0 Å². The van der Waals surface area contributed by atoms with E-state index in [1.165, 1.54) is 0 Å². The third-order valence-corrected chi connectivity index (χ3v) is 2.88. The first-order chi connectivity index (χ1) is 6.71. The zero-order chi connectivity index (χ0) is 10.0. The van der Waals surface area contributed by atoms with Crippen molar-refractivity contribution in [2.75, 3.05) is 11.9 Å². The van der Waals surface area contributed by atoms with E-state index in [9.17, 15) is 0 Å². The van der Waals surface area contributed by atoms with Crippen LogP contribution in [0, 0.1) is 0 Å². The van der Waals surface area contributed by atoms with Crippen LogP contribution in [-0.4, -0.2) is 28.2 Å². The zero-order valence-electron chi connectivity index (χ0n) is 8.53. The predicted molar refractivity (Wildman–Crippen MR) is 54.1 cm³/mol. The Morgan fingerprint density at radius 3 is 3.07 bits per heavy atom. The van der Waals surface area contributed by atoms with Crippen LogP contribution in [0.1, 0.15) is 20.3 Å². The number of nitrogens with zero attached hydrogens (tertiary/aromatic N) is 2. The molecular weight excluding hydrogens is 178 g/mol. The first-order valence-corrected chi connectivity index (χ1v) is 4.86. The van der Waals surface area contributed by atoms with Crippen molar-refractivity contribution >= 4 is 5.82 Å². The number of nitrogens with one attached hydrogen (secondary N) is 1. The van der Waals surface area contributed by atoms with Crippen molar-refractivity contribution in [1.82, 2.24) is 9.97 Å². The van der Waals surface area contributed by atoms with Crippen molar-refractivity contribution in [1.29, 1.82) is 0 Å². The van der Waals surface area contributed by atoms with Crippen molar-refractivity contribution in [2.45, 2.75) is 31.9 Å². The predicted octanol–water partition coefficient (Wildman–Crippen LogP) is 1.46. The van der Waals surface area contributed by atoms with Gasteiger partial charge in [-0.3, -0.25) is 0 Å². The normalized spacial score (nSPS) is 31.7. The maximum Gasteiger partial charge on any atom is 0.129 e. The molecule has 0 bridgehead atoms.